The van der Waals surface area contributed by atoms with Gasteiger partial charge in [0.25, 0.3) is 0 Å². The van der Waals surface area contributed by atoms with Gasteiger partial charge in [-0.15, -0.1) is 0 Å². The third kappa shape index (κ3) is 5.94. The first-order valence-electron chi connectivity index (χ1n) is 8.59. The second-order valence-electron chi connectivity index (χ2n) is 5.43. The number of esters is 1. The largest absolute Gasteiger partial charge is 0.490 e. The number of ether oxygens (including phenoxy) is 4. The Balaban J connectivity index is 1.99. The highest BCUT2D eigenvalue weighted by Crippen LogP contribution is 2.28. The van der Waals surface area contributed by atoms with Crippen LogP contribution in [-0.4, -0.2) is 38.2 Å². The highest BCUT2D eigenvalue weighted by atomic mass is 19.3. The summed E-state index contributed by atoms with van der Waals surface area (Å²) in [6, 6.07) is 9.70. The number of rotatable bonds is 10. The van der Waals surface area contributed by atoms with Gasteiger partial charge in [0.05, 0.1) is 18.8 Å². The van der Waals surface area contributed by atoms with Gasteiger partial charge in [0, 0.05) is 5.56 Å². The van der Waals surface area contributed by atoms with Crippen LogP contribution in [0.3, 0.4) is 0 Å². The number of carbonyl (C=O) groups excluding carboxylic acids is 2. The minimum Gasteiger partial charge on any atom is -0.490 e. The van der Waals surface area contributed by atoms with Crippen molar-refractivity contribution in [1.82, 2.24) is 0 Å². The number of hydrogen-bond donors (Lipinski definition) is 0. The van der Waals surface area contributed by atoms with Crippen molar-refractivity contribution in [1.29, 1.82) is 0 Å². The molecule has 2 aromatic rings. The van der Waals surface area contributed by atoms with Crippen molar-refractivity contribution < 1.29 is 37.3 Å². The van der Waals surface area contributed by atoms with Gasteiger partial charge < -0.3 is 18.9 Å². The molecule has 8 heteroatoms. The molecule has 0 bridgehead atoms. The average Bonchev–Trinajstić information content (AvgIpc) is 2.67. The van der Waals surface area contributed by atoms with Gasteiger partial charge >= 0.3 is 12.6 Å². The zero-order valence-electron chi connectivity index (χ0n) is 15.4. The van der Waals surface area contributed by atoms with Crippen LogP contribution in [0.5, 0.6) is 17.2 Å². The van der Waals surface area contributed by atoms with Crippen LogP contribution in [0.4, 0.5) is 8.78 Å². The molecule has 28 heavy (non-hydrogen) atoms. The maximum absolute atomic E-state index is 12.2. The molecule has 2 aromatic carbocycles. The van der Waals surface area contributed by atoms with Crippen LogP contribution in [0.15, 0.2) is 42.5 Å². The van der Waals surface area contributed by atoms with E-state index in [4.69, 9.17) is 14.2 Å². The highest BCUT2D eigenvalue weighted by Gasteiger charge is 2.15. The first-order valence-corrected chi connectivity index (χ1v) is 8.59. The molecule has 0 saturated carbocycles. The van der Waals surface area contributed by atoms with Gasteiger partial charge in [0.15, 0.2) is 23.9 Å². The Morgan fingerprint density at radius 2 is 1.50 bits per heavy atom. The second kappa shape index (κ2) is 10.2. The molecule has 0 unspecified atom stereocenters. The van der Waals surface area contributed by atoms with E-state index in [-0.39, 0.29) is 16.9 Å². The van der Waals surface area contributed by atoms with Gasteiger partial charge in [-0.25, -0.2) is 4.79 Å². The van der Waals surface area contributed by atoms with E-state index < -0.39 is 25.0 Å². The van der Waals surface area contributed by atoms with Crippen molar-refractivity contribution >= 4 is 11.8 Å². The fraction of sp³-hybridized carbons (Fsp3) is 0.300. The molecule has 0 aromatic heterocycles. The SMILES string of the molecule is CCOc1ccc(C(=O)OCC(=O)c2ccc(OC(F)F)cc2)cc1OCC. The summed E-state index contributed by atoms with van der Waals surface area (Å²) in [4.78, 5) is 24.3. The number of ketones is 1. The quantitative estimate of drug-likeness (QED) is 0.446. The molecular formula is C20H20F2O6. The van der Waals surface area contributed by atoms with E-state index in [2.05, 4.69) is 4.74 Å². The number of hydrogen-bond acceptors (Lipinski definition) is 6. The summed E-state index contributed by atoms with van der Waals surface area (Å²) in [7, 11) is 0. The number of alkyl halides is 2. The van der Waals surface area contributed by atoms with Crippen molar-refractivity contribution in [2.24, 2.45) is 0 Å². The van der Waals surface area contributed by atoms with Gasteiger partial charge in [-0.2, -0.15) is 8.78 Å². The standard InChI is InChI=1S/C20H20F2O6/c1-3-25-17-10-7-14(11-18(17)26-4-2)19(24)27-12-16(23)13-5-8-15(9-6-13)28-20(21)22/h5-11,20H,3-4,12H2,1-2H3. The van der Waals surface area contributed by atoms with E-state index in [1.54, 1.807) is 13.0 Å². The first-order chi connectivity index (χ1) is 13.4. The molecule has 6 nitrogen and oxygen atoms in total. The maximum Gasteiger partial charge on any atom is 0.387 e. The van der Waals surface area contributed by atoms with Crippen molar-refractivity contribution in [3.63, 3.8) is 0 Å². The van der Waals surface area contributed by atoms with E-state index in [0.29, 0.717) is 24.7 Å². The smallest absolute Gasteiger partial charge is 0.387 e. The minimum absolute atomic E-state index is 0.0682. The van der Waals surface area contributed by atoms with E-state index >= 15 is 0 Å². The summed E-state index contributed by atoms with van der Waals surface area (Å²) in [6.07, 6.45) is 0. The topological polar surface area (TPSA) is 71.1 Å². The average molecular weight is 394 g/mol. The third-order valence-corrected chi connectivity index (χ3v) is 3.51. The molecule has 0 N–H and O–H groups in total. The zero-order valence-corrected chi connectivity index (χ0v) is 15.4. The number of benzene rings is 2. The van der Waals surface area contributed by atoms with Gasteiger partial charge in [-0.1, -0.05) is 0 Å². The molecule has 0 heterocycles. The summed E-state index contributed by atoms with van der Waals surface area (Å²) in [5.41, 5.74) is 0.413. The molecular weight excluding hydrogens is 374 g/mol. The zero-order chi connectivity index (χ0) is 20.5. The molecule has 0 radical (unpaired) electrons. The Morgan fingerprint density at radius 1 is 0.893 bits per heavy atom. The molecule has 150 valence electrons. The van der Waals surface area contributed by atoms with Gasteiger partial charge in [-0.3, -0.25) is 4.79 Å². The fourth-order valence-electron chi connectivity index (χ4n) is 2.30. The van der Waals surface area contributed by atoms with Crippen LogP contribution in [0.25, 0.3) is 0 Å². The maximum atomic E-state index is 12.2. The Kier molecular flexibility index (Phi) is 7.74. The normalized spacial score (nSPS) is 10.5. The number of halogens is 2. The fourth-order valence-corrected chi connectivity index (χ4v) is 2.30. The van der Waals surface area contributed by atoms with E-state index in [1.165, 1.54) is 36.4 Å². The molecule has 0 aliphatic rings. The van der Waals surface area contributed by atoms with Crippen molar-refractivity contribution in [3.8, 4) is 17.2 Å². The van der Waals surface area contributed by atoms with Crippen LogP contribution < -0.4 is 14.2 Å². The van der Waals surface area contributed by atoms with Crippen LogP contribution >= 0.6 is 0 Å². The van der Waals surface area contributed by atoms with E-state index in [0.717, 1.165) is 0 Å². The molecule has 0 fully saturated rings. The van der Waals surface area contributed by atoms with Crippen molar-refractivity contribution in [2.45, 2.75) is 20.5 Å². The summed E-state index contributed by atoms with van der Waals surface area (Å²) in [5, 5.41) is 0. The Labute approximate surface area is 161 Å². The van der Waals surface area contributed by atoms with Gasteiger partial charge in [0.2, 0.25) is 0 Å². The number of Topliss-reactive ketones (excluding diaryl/α,β-unsaturated/α-hetero) is 1. The lowest BCUT2D eigenvalue weighted by atomic mass is 10.1. The van der Waals surface area contributed by atoms with Crippen molar-refractivity contribution in [3.05, 3.63) is 53.6 Å². The Hall–Kier alpha value is -3.16. The molecule has 2 rings (SSSR count). The Morgan fingerprint density at radius 3 is 2.11 bits per heavy atom. The lowest BCUT2D eigenvalue weighted by molar-refractivity contribution is -0.0498. The first kappa shape index (κ1) is 21.1. The minimum atomic E-state index is -2.95. The summed E-state index contributed by atoms with van der Waals surface area (Å²) in [5.74, 6) is -0.341. The highest BCUT2D eigenvalue weighted by molar-refractivity contribution is 5.99. The predicted octanol–water partition coefficient (Wildman–Crippen LogP) is 4.13. The van der Waals surface area contributed by atoms with Gasteiger partial charge in [0.1, 0.15) is 5.75 Å². The molecule has 0 amide bonds. The molecule has 0 aliphatic carbocycles. The lowest BCUT2D eigenvalue weighted by Gasteiger charge is -2.12. The van der Waals surface area contributed by atoms with E-state index in [9.17, 15) is 18.4 Å². The van der Waals surface area contributed by atoms with Crippen molar-refractivity contribution in [2.75, 3.05) is 19.8 Å². The molecule has 0 atom stereocenters. The van der Waals surface area contributed by atoms with Gasteiger partial charge in [-0.05, 0) is 56.3 Å². The summed E-state index contributed by atoms with van der Waals surface area (Å²) < 4.78 is 44.4. The summed E-state index contributed by atoms with van der Waals surface area (Å²) in [6.45, 7) is 1.03. The predicted molar refractivity (Wildman–Crippen MR) is 96.5 cm³/mol. The van der Waals surface area contributed by atoms with Crippen LogP contribution in [0.2, 0.25) is 0 Å². The Bertz CT molecular complexity index is 805. The molecule has 0 saturated heterocycles. The van der Waals surface area contributed by atoms with Crippen LogP contribution in [-0.2, 0) is 4.74 Å². The summed E-state index contributed by atoms with van der Waals surface area (Å²) >= 11 is 0. The monoisotopic (exact) mass is 394 g/mol. The van der Waals surface area contributed by atoms with E-state index in [1.807, 2.05) is 6.92 Å². The molecule has 0 spiro atoms. The van der Waals surface area contributed by atoms with Crippen LogP contribution in [0, 0.1) is 0 Å². The second-order valence-corrected chi connectivity index (χ2v) is 5.43. The van der Waals surface area contributed by atoms with Crippen LogP contribution in [0.1, 0.15) is 34.6 Å². The number of carbonyl (C=O) groups is 2. The third-order valence-electron chi connectivity index (χ3n) is 3.51. The molecule has 0 aliphatic heterocycles. The lowest BCUT2D eigenvalue weighted by Crippen LogP contribution is -2.14.